The van der Waals surface area contributed by atoms with Gasteiger partial charge in [-0.2, -0.15) is 0 Å². The second-order valence-electron chi connectivity index (χ2n) is 6.49. The third kappa shape index (κ3) is 5.73. The first-order chi connectivity index (χ1) is 12.6. The van der Waals surface area contributed by atoms with Crippen LogP contribution in [0.1, 0.15) is 25.0 Å². The number of carbonyl (C=O) groups excluding carboxylic acids is 1. The number of hydrogen-bond acceptors (Lipinski definition) is 6. The molecule has 0 saturated heterocycles. The summed E-state index contributed by atoms with van der Waals surface area (Å²) in [6, 6.07) is 5.89. The molecule has 2 aromatic rings. The van der Waals surface area contributed by atoms with E-state index in [2.05, 4.69) is 10.3 Å². The van der Waals surface area contributed by atoms with Crippen molar-refractivity contribution in [2.24, 2.45) is 11.7 Å². The van der Waals surface area contributed by atoms with Crippen LogP contribution in [0.25, 0.3) is 10.6 Å². The summed E-state index contributed by atoms with van der Waals surface area (Å²) >= 11 is 1.52. The van der Waals surface area contributed by atoms with Gasteiger partial charge in [-0.15, -0.1) is 36.2 Å². The van der Waals surface area contributed by atoms with E-state index in [1.54, 1.807) is 14.2 Å². The SMILES string of the molecule is COc1ccc(-c2nc(CC(=O)NC3CCCC3CN)cs2)cc1OC.Cl.Cl. The van der Waals surface area contributed by atoms with E-state index in [0.29, 0.717) is 24.0 Å². The molecule has 1 amide bonds. The maximum Gasteiger partial charge on any atom is 0.226 e. The third-order valence-corrected chi connectivity index (χ3v) is 5.77. The maximum absolute atomic E-state index is 12.3. The normalized spacial score (nSPS) is 18.0. The fourth-order valence-corrected chi connectivity index (χ4v) is 4.24. The molecule has 2 atom stereocenters. The Morgan fingerprint density at radius 1 is 1.25 bits per heavy atom. The first-order valence-electron chi connectivity index (χ1n) is 8.80. The quantitative estimate of drug-likeness (QED) is 0.678. The third-order valence-electron chi connectivity index (χ3n) is 4.83. The molecule has 1 aliphatic rings. The number of nitrogens with zero attached hydrogens (tertiary/aromatic N) is 1. The zero-order valence-corrected chi connectivity index (χ0v) is 18.4. The number of nitrogens with two attached hydrogens (primary N) is 1. The molecule has 156 valence electrons. The number of methoxy groups -OCH3 is 2. The Hall–Kier alpha value is -1.54. The van der Waals surface area contributed by atoms with Crippen molar-refractivity contribution in [2.75, 3.05) is 20.8 Å². The van der Waals surface area contributed by atoms with E-state index in [-0.39, 0.29) is 43.2 Å². The first-order valence-corrected chi connectivity index (χ1v) is 9.68. The predicted molar refractivity (Wildman–Crippen MR) is 117 cm³/mol. The monoisotopic (exact) mass is 447 g/mol. The van der Waals surface area contributed by atoms with Crippen LogP contribution in [0, 0.1) is 5.92 Å². The van der Waals surface area contributed by atoms with Crippen LogP contribution in [-0.2, 0) is 11.2 Å². The number of amides is 1. The highest BCUT2D eigenvalue weighted by Gasteiger charge is 2.27. The van der Waals surface area contributed by atoms with Gasteiger partial charge in [0.2, 0.25) is 5.91 Å². The molecule has 2 unspecified atom stereocenters. The van der Waals surface area contributed by atoms with Crippen molar-refractivity contribution < 1.29 is 14.3 Å². The number of aromatic nitrogens is 1. The van der Waals surface area contributed by atoms with E-state index < -0.39 is 0 Å². The fourth-order valence-electron chi connectivity index (χ4n) is 3.42. The molecular formula is C19H27Cl2N3O3S. The van der Waals surface area contributed by atoms with Gasteiger partial charge in [-0.25, -0.2) is 4.98 Å². The second kappa shape index (κ2) is 11.5. The molecule has 0 radical (unpaired) electrons. The molecule has 1 saturated carbocycles. The van der Waals surface area contributed by atoms with E-state index in [0.717, 1.165) is 35.5 Å². The molecular weight excluding hydrogens is 421 g/mol. The number of halogens is 2. The standard InChI is InChI=1S/C19H25N3O3S.2ClH/c1-24-16-7-6-12(8-17(16)25-2)19-21-14(11-26-19)9-18(23)22-15-5-3-4-13(15)10-20;;/h6-8,11,13,15H,3-5,9-10,20H2,1-2H3,(H,22,23);2*1H. The molecule has 0 bridgehead atoms. The molecule has 1 heterocycles. The minimum atomic E-state index is 0. The summed E-state index contributed by atoms with van der Waals surface area (Å²) in [7, 11) is 3.22. The lowest BCUT2D eigenvalue weighted by molar-refractivity contribution is -0.121. The molecule has 28 heavy (non-hydrogen) atoms. The molecule has 1 aromatic carbocycles. The van der Waals surface area contributed by atoms with E-state index in [1.807, 2.05) is 23.6 Å². The lowest BCUT2D eigenvalue weighted by atomic mass is 10.0. The van der Waals surface area contributed by atoms with Gasteiger partial charge < -0.3 is 20.5 Å². The van der Waals surface area contributed by atoms with Crippen molar-refractivity contribution in [3.8, 4) is 22.1 Å². The van der Waals surface area contributed by atoms with Crippen LogP contribution >= 0.6 is 36.2 Å². The van der Waals surface area contributed by atoms with Crippen molar-refractivity contribution in [2.45, 2.75) is 31.7 Å². The van der Waals surface area contributed by atoms with Gasteiger partial charge in [0.05, 0.1) is 26.3 Å². The average Bonchev–Trinajstić information content (AvgIpc) is 3.30. The van der Waals surface area contributed by atoms with Crippen LogP contribution in [0.2, 0.25) is 0 Å². The summed E-state index contributed by atoms with van der Waals surface area (Å²) in [5.41, 5.74) is 7.50. The first kappa shape index (κ1) is 24.5. The van der Waals surface area contributed by atoms with Gasteiger partial charge in [0.25, 0.3) is 0 Å². The molecule has 3 N–H and O–H groups in total. The number of carbonyl (C=O) groups is 1. The Balaban J connectivity index is 0.00000196. The van der Waals surface area contributed by atoms with Gasteiger partial charge in [-0.05, 0) is 43.5 Å². The van der Waals surface area contributed by atoms with Crippen LogP contribution in [0.15, 0.2) is 23.6 Å². The minimum Gasteiger partial charge on any atom is -0.493 e. The van der Waals surface area contributed by atoms with Gasteiger partial charge in [0.1, 0.15) is 5.01 Å². The Morgan fingerprint density at radius 3 is 2.68 bits per heavy atom. The van der Waals surface area contributed by atoms with Crippen molar-refractivity contribution in [1.82, 2.24) is 10.3 Å². The lowest BCUT2D eigenvalue weighted by Crippen LogP contribution is -2.40. The molecule has 1 fully saturated rings. The maximum atomic E-state index is 12.3. The lowest BCUT2D eigenvalue weighted by Gasteiger charge is -2.19. The molecule has 1 aliphatic carbocycles. The molecule has 6 nitrogen and oxygen atoms in total. The van der Waals surface area contributed by atoms with Crippen molar-refractivity contribution in [3.63, 3.8) is 0 Å². The number of nitrogens with one attached hydrogen (secondary N) is 1. The molecule has 0 aliphatic heterocycles. The highest BCUT2D eigenvalue weighted by molar-refractivity contribution is 7.13. The zero-order chi connectivity index (χ0) is 18.5. The topological polar surface area (TPSA) is 86.5 Å². The summed E-state index contributed by atoms with van der Waals surface area (Å²) in [5.74, 6) is 1.75. The number of hydrogen-bond donors (Lipinski definition) is 2. The summed E-state index contributed by atoms with van der Waals surface area (Å²) < 4.78 is 10.6. The number of benzene rings is 1. The van der Waals surface area contributed by atoms with Crippen LogP contribution in [0.3, 0.4) is 0 Å². The summed E-state index contributed by atoms with van der Waals surface area (Å²) in [5, 5.41) is 5.91. The molecule has 3 rings (SSSR count). The Kier molecular flexibility index (Phi) is 10.0. The van der Waals surface area contributed by atoms with Crippen LogP contribution in [0.4, 0.5) is 0 Å². The van der Waals surface area contributed by atoms with Gasteiger partial charge in [0.15, 0.2) is 11.5 Å². The summed E-state index contributed by atoms with van der Waals surface area (Å²) in [4.78, 5) is 16.9. The van der Waals surface area contributed by atoms with E-state index in [4.69, 9.17) is 15.2 Å². The van der Waals surface area contributed by atoms with E-state index in [1.165, 1.54) is 11.3 Å². The van der Waals surface area contributed by atoms with Gasteiger partial charge in [-0.1, -0.05) is 6.42 Å². The average molecular weight is 448 g/mol. The summed E-state index contributed by atoms with van der Waals surface area (Å²) in [6.45, 7) is 0.630. The van der Waals surface area contributed by atoms with Crippen molar-refractivity contribution >= 4 is 42.1 Å². The molecule has 0 spiro atoms. The van der Waals surface area contributed by atoms with Crippen LogP contribution in [-0.4, -0.2) is 37.7 Å². The van der Waals surface area contributed by atoms with E-state index in [9.17, 15) is 4.79 Å². The Labute approximate surface area is 182 Å². The van der Waals surface area contributed by atoms with Crippen LogP contribution < -0.4 is 20.5 Å². The fraction of sp³-hybridized carbons (Fsp3) is 0.474. The number of rotatable bonds is 7. The second-order valence-corrected chi connectivity index (χ2v) is 7.35. The molecule has 9 heteroatoms. The Bertz CT molecular complexity index is 773. The van der Waals surface area contributed by atoms with E-state index >= 15 is 0 Å². The van der Waals surface area contributed by atoms with Crippen molar-refractivity contribution in [3.05, 3.63) is 29.3 Å². The van der Waals surface area contributed by atoms with Crippen molar-refractivity contribution in [1.29, 1.82) is 0 Å². The number of thiazole rings is 1. The predicted octanol–water partition coefficient (Wildman–Crippen LogP) is 3.46. The summed E-state index contributed by atoms with van der Waals surface area (Å²) in [6.07, 6.45) is 3.54. The minimum absolute atomic E-state index is 0. The van der Waals surface area contributed by atoms with Gasteiger partial charge in [-0.3, -0.25) is 4.79 Å². The van der Waals surface area contributed by atoms with Gasteiger partial charge in [0, 0.05) is 17.0 Å². The van der Waals surface area contributed by atoms with Gasteiger partial charge >= 0.3 is 0 Å². The zero-order valence-electron chi connectivity index (χ0n) is 16.0. The highest BCUT2D eigenvalue weighted by Crippen LogP contribution is 2.33. The number of ether oxygens (including phenoxy) is 2. The highest BCUT2D eigenvalue weighted by atomic mass is 35.5. The molecule has 1 aromatic heterocycles. The van der Waals surface area contributed by atoms with Crippen LogP contribution in [0.5, 0.6) is 11.5 Å². The largest absolute Gasteiger partial charge is 0.493 e. The Morgan fingerprint density at radius 2 is 2.00 bits per heavy atom. The smallest absolute Gasteiger partial charge is 0.226 e.